The third kappa shape index (κ3) is 5.60. The van der Waals surface area contributed by atoms with E-state index in [1.165, 1.54) is 0 Å². The maximum Gasteiger partial charge on any atom is 0.241 e. The summed E-state index contributed by atoms with van der Waals surface area (Å²) in [5.41, 5.74) is 3.30. The number of piperazine rings is 1. The molecule has 1 aromatic rings. The average molecular weight is 364 g/mol. The van der Waals surface area contributed by atoms with Gasteiger partial charge in [-0.1, -0.05) is 0 Å². The number of carbonyl (C=O) groups excluding carboxylic acids is 1. The van der Waals surface area contributed by atoms with Crippen LogP contribution in [0.25, 0.3) is 0 Å². The van der Waals surface area contributed by atoms with Gasteiger partial charge in [-0.3, -0.25) is 4.79 Å². The van der Waals surface area contributed by atoms with Gasteiger partial charge in [0.05, 0.1) is 27.5 Å². The van der Waals surface area contributed by atoms with Gasteiger partial charge in [-0.15, -0.1) is 0 Å². The molecule has 0 atom stereocenters. The molecule has 26 heavy (non-hydrogen) atoms. The molecule has 8 nitrogen and oxygen atoms in total. The molecule has 0 aromatic heterocycles. The molecule has 0 saturated carbocycles. The standard InChI is InChI=1S/C18H28N4O4/c1-21-7-9-22(10-8-21)6-5-17(23)20-19-13-14-11-15(24-2)18(26-4)16(12-14)25-3/h11-13H,5-10H2,1-4H3,(H,20,23). The summed E-state index contributed by atoms with van der Waals surface area (Å²) in [7, 11) is 6.77. The van der Waals surface area contributed by atoms with Crippen LogP contribution in [0.4, 0.5) is 0 Å². The number of hydrogen-bond acceptors (Lipinski definition) is 7. The van der Waals surface area contributed by atoms with Crippen molar-refractivity contribution in [1.82, 2.24) is 15.2 Å². The van der Waals surface area contributed by atoms with Crippen LogP contribution in [-0.2, 0) is 4.79 Å². The van der Waals surface area contributed by atoms with Gasteiger partial charge in [0, 0.05) is 44.7 Å². The van der Waals surface area contributed by atoms with Crippen molar-refractivity contribution in [3.63, 3.8) is 0 Å². The minimum absolute atomic E-state index is 0.104. The number of likely N-dealkylation sites (N-methyl/N-ethyl adjacent to an activating group) is 1. The minimum Gasteiger partial charge on any atom is -0.493 e. The van der Waals surface area contributed by atoms with E-state index in [1.807, 2.05) is 0 Å². The first kappa shape index (κ1) is 20.0. The van der Waals surface area contributed by atoms with Crippen LogP contribution in [0.1, 0.15) is 12.0 Å². The SMILES string of the molecule is COc1cc(C=NNC(=O)CCN2CCN(C)CC2)cc(OC)c1OC. The van der Waals surface area contributed by atoms with Gasteiger partial charge >= 0.3 is 0 Å². The molecule has 2 rings (SSSR count). The van der Waals surface area contributed by atoms with Crippen molar-refractivity contribution in [3.05, 3.63) is 17.7 Å². The van der Waals surface area contributed by atoms with Gasteiger partial charge in [-0.05, 0) is 19.2 Å². The first-order valence-corrected chi connectivity index (χ1v) is 8.60. The Morgan fingerprint density at radius 2 is 1.73 bits per heavy atom. The number of carbonyl (C=O) groups is 1. The molecule has 0 aliphatic carbocycles. The number of nitrogens with one attached hydrogen (secondary N) is 1. The highest BCUT2D eigenvalue weighted by Gasteiger charge is 2.15. The largest absolute Gasteiger partial charge is 0.493 e. The second kappa shape index (κ2) is 9.98. The molecule has 8 heteroatoms. The van der Waals surface area contributed by atoms with E-state index in [1.54, 1.807) is 39.7 Å². The third-order valence-corrected chi connectivity index (χ3v) is 4.34. The number of ether oxygens (including phenoxy) is 3. The van der Waals surface area contributed by atoms with Gasteiger partial charge in [0.15, 0.2) is 11.5 Å². The normalized spacial score (nSPS) is 15.8. The second-order valence-electron chi connectivity index (χ2n) is 6.15. The molecular formula is C18H28N4O4. The van der Waals surface area contributed by atoms with Crippen LogP contribution in [-0.4, -0.2) is 83.0 Å². The molecule has 1 aromatic carbocycles. The molecule has 0 spiro atoms. The monoisotopic (exact) mass is 364 g/mol. The van der Waals surface area contributed by atoms with Gasteiger partial charge in [0.25, 0.3) is 0 Å². The molecular weight excluding hydrogens is 336 g/mol. The Morgan fingerprint density at radius 3 is 2.27 bits per heavy atom. The summed E-state index contributed by atoms with van der Waals surface area (Å²) < 4.78 is 15.9. The lowest BCUT2D eigenvalue weighted by Crippen LogP contribution is -2.45. The lowest BCUT2D eigenvalue weighted by atomic mass is 10.2. The summed E-state index contributed by atoms with van der Waals surface area (Å²) in [6, 6.07) is 3.53. The Labute approximate surface area is 154 Å². The number of methoxy groups -OCH3 is 3. The van der Waals surface area contributed by atoms with Crippen LogP contribution < -0.4 is 19.6 Å². The second-order valence-corrected chi connectivity index (χ2v) is 6.15. The number of benzene rings is 1. The maximum atomic E-state index is 12.0. The smallest absolute Gasteiger partial charge is 0.241 e. The topological polar surface area (TPSA) is 75.6 Å². The van der Waals surface area contributed by atoms with Crippen LogP contribution in [0.3, 0.4) is 0 Å². The Kier molecular flexibility index (Phi) is 7.68. The van der Waals surface area contributed by atoms with Crippen molar-refractivity contribution in [2.24, 2.45) is 5.10 Å². The van der Waals surface area contributed by atoms with E-state index in [2.05, 4.69) is 27.4 Å². The van der Waals surface area contributed by atoms with Crippen molar-refractivity contribution < 1.29 is 19.0 Å². The molecule has 1 amide bonds. The Hall–Kier alpha value is -2.32. The van der Waals surface area contributed by atoms with E-state index in [0.29, 0.717) is 23.7 Å². The van der Waals surface area contributed by atoms with Crippen LogP contribution in [0.5, 0.6) is 17.2 Å². The number of hydrazone groups is 1. The molecule has 144 valence electrons. The quantitative estimate of drug-likeness (QED) is 0.543. The van der Waals surface area contributed by atoms with E-state index in [4.69, 9.17) is 14.2 Å². The third-order valence-electron chi connectivity index (χ3n) is 4.34. The molecule has 1 aliphatic rings. The number of hydrogen-bond donors (Lipinski definition) is 1. The molecule has 1 fully saturated rings. The van der Waals surface area contributed by atoms with Gasteiger partial charge < -0.3 is 24.0 Å². The number of rotatable bonds is 8. The Morgan fingerprint density at radius 1 is 1.12 bits per heavy atom. The zero-order valence-electron chi connectivity index (χ0n) is 15.9. The number of amides is 1. The van der Waals surface area contributed by atoms with E-state index in [-0.39, 0.29) is 5.91 Å². The van der Waals surface area contributed by atoms with Gasteiger partial charge in [-0.25, -0.2) is 5.43 Å². The Balaban J connectivity index is 1.86. The van der Waals surface area contributed by atoms with E-state index >= 15 is 0 Å². The van der Waals surface area contributed by atoms with Crippen molar-refractivity contribution in [2.45, 2.75) is 6.42 Å². The van der Waals surface area contributed by atoms with Crippen LogP contribution >= 0.6 is 0 Å². The fourth-order valence-electron chi connectivity index (χ4n) is 2.74. The summed E-state index contributed by atoms with van der Waals surface area (Å²) in [4.78, 5) is 16.5. The molecule has 1 N–H and O–H groups in total. The maximum absolute atomic E-state index is 12.0. The summed E-state index contributed by atoms with van der Waals surface area (Å²) in [6.45, 7) is 4.83. The molecule has 0 unspecified atom stereocenters. The van der Waals surface area contributed by atoms with Crippen molar-refractivity contribution in [1.29, 1.82) is 0 Å². The molecule has 1 aliphatic heterocycles. The summed E-state index contributed by atoms with van der Waals surface area (Å²) in [5.74, 6) is 1.49. The van der Waals surface area contributed by atoms with Crippen LogP contribution in [0.2, 0.25) is 0 Å². The van der Waals surface area contributed by atoms with E-state index in [0.717, 1.165) is 38.3 Å². The Bertz CT molecular complexity index is 603. The average Bonchev–Trinajstić information content (AvgIpc) is 2.66. The summed E-state index contributed by atoms with van der Waals surface area (Å²) in [6.07, 6.45) is 1.98. The highest BCUT2D eigenvalue weighted by molar-refractivity contribution is 5.84. The van der Waals surface area contributed by atoms with Gasteiger partial charge in [-0.2, -0.15) is 5.10 Å². The molecule has 0 radical (unpaired) electrons. The minimum atomic E-state index is -0.104. The summed E-state index contributed by atoms with van der Waals surface area (Å²) >= 11 is 0. The van der Waals surface area contributed by atoms with Crippen LogP contribution in [0, 0.1) is 0 Å². The van der Waals surface area contributed by atoms with Gasteiger partial charge in [0.2, 0.25) is 11.7 Å². The molecule has 0 bridgehead atoms. The van der Waals surface area contributed by atoms with Crippen molar-refractivity contribution in [2.75, 3.05) is 61.1 Å². The van der Waals surface area contributed by atoms with Crippen molar-refractivity contribution >= 4 is 12.1 Å². The highest BCUT2D eigenvalue weighted by atomic mass is 16.5. The molecule has 1 saturated heterocycles. The van der Waals surface area contributed by atoms with Crippen molar-refractivity contribution in [3.8, 4) is 17.2 Å². The highest BCUT2D eigenvalue weighted by Crippen LogP contribution is 2.37. The van der Waals surface area contributed by atoms with Gasteiger partial charge in [0.1, 0.15) is 0 Å². The summed E-state index contributed by atoms with van der Waals surface area (Å²) in [5, 5.41) is 4.02. The first-order chi connectivity index (χ1) is 12.6. The zero-order chi connectivity index (χ0) is 18.9. The van der Waals surface area contributed by atoms with E-state index in [9.17, 15) is 4.79 Å². The number of nitrogens with zero attached hydrogens (tertiary/aromatic N) is 3. The van der Waals surface area contributed by atoms with E-state index < -0.39 is 0 Å². The zero-order valence-corrected chi connectivity index (χ0v) is 15.9. The predicted octanol–water partition coefficient (Wildman–Crippen LogP) is 0.800. The van der Waals surface area contributed by atoms with Crippen LogP contribution in [0.15, 0.2) is 17.2 Å². The fraction of sp³-hybridized carbons (Fsp3) is 0.556. The first-order valence-electron chi connectivity index (χ1n) is 8.60. The molecule has 1 heterocycles. The lowest BCUT2D eigenvalue weighted by molar-refractivity contribution is -0.121. The lowest BCUT2D eigenvalue weighted by Gasteiger charge is -2.32. The predicted molar refractivity (Wildman–Crippen MR) is 100 cm³/mol. The fourth-order valence-corrected chi connectivity index (χ4v) is 2.74.